The molecule has 6 rings (SSSR count). The van der Waals surface area contributed by atoms with Crippen molar-refractivity contribution in [2.24, 2.45) is 0 Å². The van der Waals surface area contributed by atoms with Crippen LogP contribution in [0, 0.1) is 0 Å². The summed E-state index contributed by atoms with van der Waals surface area (Å²) in [6, 6.07) is 28.7. The van der Waals surface area contributed by atoms with E-state index in [-0.39, 0.29) is 0 Å². The zero-order chi connectivity index (χ0) is 22.4. The Kier molecular flexibility index (Phi) is 4.52. The van der Waals surface area contributed by atoms with Gasteiger partial charge in [0.1, 0.15) is 17.3 Å². The summed E-state index contributed by atoms with van der Waals surface area (Å²) in [4.78, 5) is 4.60. The Morgan fingerprint density at radius 1 is 0.788 bits per heavy atom. The van der Waals surface area contributed by atoms with Gasteiger partial charge in [0, 0.05) is 48.0 Å². The molecule has 0 aliphatic carbocycles. The van der Waals surface area contributed by atoms with Crippen molar-refractivity contribution >= 4 is 27.5 Å². The maximum atomic E-state index is 6.32. The highest BCUT2D eigenvalue weighted by Gasteiger charge is 2.18. The van der Waals surface area contributed by atoms with Crippen molar-refractivity contribution < 1.29 is 4.74 Å². The molecule has 3 heterocycles. The lowest BCUT2D eigenvalue weighted by atomic mass is 10.1. The van der Waals surface area contributed by atoms with Crippen molar-refractivity contribution in [3.8, 4) is 17.3 Å². The first-order valence-electron chi connectivity index (χ1n) is 10.9. The molecular weight excluding hydrogens is 410 g/mol. The summed E-state index contributed by atoms with van der Waals surface area (Å²) in [7, 11) is 1.98. The second-order valence-electron chi connectivity index (χ2n) is 8.11. The zero-order valence-corrected chi connectivity index (χ0v) is 18.4. The van der Waals surface area contributed by atoms with Crippen molar-refractivity contribution in [1.29, 1.82) is 0 Å². The molecule has 6 nitrogen and oxygen atoms in total. The Bertz CT molecular complexity index is 1510. The topological polar surface area (TPSA) is 45.6 Å². The number of para-hydroxylation sites is 1. The van der Waals surface area contributed by atoms with Gasteiger partial charge in [0.15, 0.2) is 0 Å². The Balaban J connectivity index is 1.42. The number of anilines is 1. The number of ether oxygens (including phenoxy) is 1. The standard InChI is InChI=1S/C27H23N5O/c1-19-18-31(30(2)29-19)20-8-7-9-21(16-20)33-22-13-14-24-23-10-3-4-11-25(23)32(26(24)17-22)27-12-5-6-15-28-27/h3-18,29H,1-2H3. The highest BCUT2D eigenvalue weighted by atomic mass is 16.5. The number of pyridine rings is 1. The van der Waals surface area contributed by atoms with Crippen LogP contribution in [0.2, 0.25) is 0 Å². The summed E-state index contributed by atoms with van der Waals surface area (Å²) in [5, 5.41) is 6.34. The molecule has 1 aliphatic heterocycles. The van der Waals surface area contributed by atoms with Gasteiger partial charge in [-0.25, -0.2) is 4.98 Å². The second kappa shape index (κ2) is 7.69. The molecule has 162 valence electrons. The van der Waals surface area contributed by atoms with Crippen molar-refractivity contribution in [2.75, 3.05) is 12.1 Å². The van der Waals surface area contributed by atoms with Crippen LogP contribution >= 0.6 is 0 Å². The summed E-state index contributed by atoms with van der Waals surface area (Å²) in [6.45, 7) is 2.03. The minimum Gasteiger partial charge on any atom is -0.457 e. The van der Waals surface area contributed by atoms with E-state index in [9.17, 15) is 0 Å². The van der Waals surface area contributed by atoms with Gasteiger partial charge in [-0.05, 0) is 49.4 Å². The maximum absolute atomic E-state index is 6.32. The highest BCUT2D eigenvalue weighted by molar-refractivity contribution is 6.09. The molecule has 0 fully saturated rings. The van der Waals surface area contributed by atoms with Crippen LogP contribution in [0.15, 0.2) is 103 Å². The predicted molar refractivity (Wildman–Crippen MR) is 132 cm³/mol. The molecular formula is C27H23N5O. The monoisotopic (exact) mass is 433 g/mol. The normalized spacial score (nSPS) is 14.0. The lowest BCUT2D eigenvalue weighted by Gasteiger charge is -2.24. The summed E-state index contributed by atoms with van der Waals surface area (Å²) in [5.74, 6) is 2.44. The molecule has 2 aromatic heterocycles. The van der Waals surface area contributed by atoms with Gasteiger partial charge in [0.25, 0.3) is 0 Å². The van der Waals surface area contributed by atoms with Gasteiger partial charge in [-0.2, -0.15) is 0 Å². The number of hydrogen-bond donors (Lipinski definition) is 1. The van der Waals surface area contributed by atoms with E-state index >= 15 is 0 Å². The van der Waals surface area contributed by atoms with E-state index < -0.39 is 0 Å². The minimum atomic E-state index is 0.777. The van der Waals surface area contributed by atoms with Gasteiger partial charge in [-0.1, -0.05) is 30.3 Å². The van der Waals surface area contributed by atoms with Crippen LogP contribution in [0.25, 0.3) is 27.6 Å². The van der Waals surface area contributed by atoms with Crippen LogP contribution in [0.5, 0.6) is 11.5 Å². The third-order valence-electron chi connectivity index (χ3n) is 5.82. The van der Waals surface area contributed by atoms with E-state index in [1.165, 1.54) is 10.8 Å². The van der Waals surface area contributed by atoms with Crippen molar-refractivity contribution in [3.63, 3.8) is 0 Å². The van der Waals surface area contributed by atoms with E-state index in [0.717, 1.165) is 39.7 Å². The molecule has 0 unspecified atom stereocenters. The molecule has 0 saturated carbocycles. The van der Waals surface area contributed by atoms with Gasteiger partial charge in [-0.3, -0.25) is 9.58 Å². The molecule has 0 saturated heterocycles. The number of hydrazine groups is 2. The largest absolute Gasteiger partial charge is 0.457 e. The van der Waals surface area contributed by atoms with Gasteiger partial charge in [0.05, 0.1) is 16.7 Å². The average molecular weight is 434 g/mol. The first-order chi connectivity index (χ1) is 16.2. The van der Waals surface area contributed by atoms with E-state index in [4.69, 9.17) is 4.74 Å². The number of benzene rings is 3. The van der Waals surface area contributed by atoms with E-state index in [1.807, 2.05) is 72.8 Å². The van der Waals surface area contributed by atoms with Gasteiger partial charge in [0.2, 0.25) is 0 Å². The fourth-order valence-electron chi connectivity index (χ4n) is 4.43. The zero-order valence-electron chi connectivity index (χ0n) is 18.4. The Hall–Kier alpha value is -4.29. The number of hydrogen-bond acceptors (Lipinski definition) is 5. The lowest BCUT2D eigenvalue weighted by molar-refractivity contribution is 0.294. The number of allylic oxidation sites excluding steroid dienone is 1. The van der Waals surface area contributed by atoms with E-state index in [2.05, 4.69) is 63.6 Å². The average Bonchev–Trinajstić information content (AvgIpc) is 3.35. The van der Waals surface area contributed by atoms with Gasteiger partial charge >= 0.3 is 0 Å². The minimum absolute atomic E-state index is 0.777. The number of fused-ring (bicyclic) bond motifs is 3. The summed E-state index contributed by atoms with van der Waals surface area (Å²) >= 11 is 0. The fraction of sp³-hybridized carbons (Fsp3) is 0.0741. The van der Waals surface area contributed by atoms with Crippen LogP contribution in [-0.4, -0.2) is 21.7 Å². The molecule has 1 N–H and O–H groups in total. The fourth-order valence-corrected chi connectivity index (χ4v) is 4.43. The van der Waals surface area contributed by atoms with Crippen molar-refractivity contribution in [1.82, 2.24) is 20.1 Å². The van der Waals surface area contributed by atoms with Crippen LogP contribution < -0.4 is 15.2 Å². The second-order valence-corrected chi connectivity index (χ2v) is 8.11. The van der Waals surface area contributed by atoms with Gasteiger partial charge in [-0.15, -0.1) is 5.12 Å². The Morgan fingerprint density at radius 3 is 2.42 bits per heavy atom. The number of nitrogens with zero attached hydrogens (tertiary/aromatic N) is 4. The third-order valence-corrected chi connectivity index (χ3v) is 5.82. The first-order valence-corrected chi connectivity index (χ1v) is 10.9. The van der Waals surface area contributed by atoms with Crippen molar-refractivity contribution in [3.05, 3.63) is 103 Å². The number of nitrogens with one attached hydrogen (secondary N) is 1. The summed E-state index contributed by atoms with van der Waals surface area (Å²) in [6.07, 6.45) is 3.87. The molecule has 0 spiro atoms. The SMILES string of the molecule is CC1=CN(c2cccc(Oc3ccc4c5ccccc5n(-c5ccccn5)c4c3)c2)N(C)N1. The lowest BCUT2D eigenvalue weighted by Crippen LogP contribution is -2.38. The molecule has 33 heavy (non-hydrogen) atoms. The first kappa shape index (κ1) is 19.4. The Morgan fingerprint density at radius 2 is 1.61 bits per heavy atom. The van der Waals surface area contributed by atoms with Crippen LogP contribution in [-0.2, 0) is 0 Å². The molecule has 0 radical (unpaired) electrons. The van der Waals surface area contributed by atoms with Crippen LogP contribution in [0.3, 0.4) is 0 Å². The molecule has 0 bridgehead atoms. The van der Waals surface area contributed by atoms with Crippen LogP contribution in [0.1, 0.15) is 6.92 Å². The summed E-state index contributed by atoms with van der Waals surface area (Å²) < 4.78 is 8.50. The highest BCUT2D eigenvalue weighted by Crippen LogP contribution is 2.35. The molecule has 5 aromatic rings. The molecule has 0 amide bonds. The molecule has 3 aromatic carbocycles. The maximum Gasteiger partial charge on any atom is 0.137 e. The number of rotatable bonds is 4. The van der Waals surface area contributed by atoms with E-state index in [0.29, 0.717) is 0 Å². The summed E-state index contributed by atoms with van der Waals surface area (Å²) in [5.41, 5.74) is 7.54. The molecule has 0 atom stereocenters. The Labute approximate surface area is 191 Å². The predicted octanol–water partition coefficient (Wildman–Crippen LogP) is 6.00. The quantitative estimate of drug-likeness (QED) is 0.376. The molecule has 1 aliphatic rings. The van der Waals surface area contributed by atoms with Gasteiger partial charge < -0.3 is 10.2 Å². The van der Waals surface area contributed by atoms with Crippen LogP contribution in [0.4, 0.5) is 5.69 Å². The molecule has 6 heteroatoms. The number of aromatic nitrogens is 2. The van der Waals surface area contributed by atoms with Crippen molar-refractivity contribution in [2.45, 2.75) is 6.92 Å². The van der Waals surface area contributed by atoms with E-state index in [1.54, 1.807) is 0 Å². The third kappa shape index (κ3) is 3.37. The smallest absolute Gasteiger partial charge is 0.137 e.